The summed E-state index contributed by atoms with van der Waals surface area (Å²) >= 11 is 3.48. The predicted octanol–water partition coefficient (Wildman–Crippen LogP) is 1.81. The van der Waals surface area contributed by atoms with Crippen LogP contribution in [0.15, 0.2) is 24.1 Å². The van der Waals surface area contributed by atoms with Gasteiger partial charge in [-0.25, -0.2) is 9.97 Å². The molecule has 0 aromatic carbocycles. The van der Waals surface area contributed by atoms with E-state index in [1.165, 1.54) is 0 Å². The fraction of sp³-hybridized carbons (Fsp3) is 0.417. The smallest absolute Gasteiger partial charge is 0.274 e. The number of carbonyl (C=O) groups excluding carboxylic acids is 1. The zero-order valence-electron chi connectivity index (χ0n) is 10.5. The van der Waals surface area contributed by atoms with Crippen LogP contribution in [0.2, 0.25) is 0 Å². The minimum Gasteiger partial charge on any atom is -0.340 e. The fourth-order valence-corrected chi connectivity index (χ4v) is 4.03. The summed E-state index contributed by atoms with van der Waals surface area (Å²) in [6, 6.07) is 0.0771. The van der Waals surface area contributed by atoms with Crippen LogP contribution in [0, 0.1) is 0 Å². The van der Waals surface area contributed by atoms with Crippen molar-refractivity contribution < 1.29 is 4.79 Å². The standard InChI is InChI=1S/C12H14N4OS2/c1-15-6-9(14-8-15)12(17)16-3-5-18-7-10(16)11-13-2-4-19-11/h2,4,6,8,10H,3,5,7H2,1H3/t10-/m1/s1. The Kier molecular flexibility index (Phi) is 3.56. The van der Waals surface area contributed by atoms with Gasteiger partial charge in [-0.15, -0.1) is 11.3 Å². The van der Waals surface area contributed by atoms with E-state index in [9.17, 15) is 4.79 Å². The van der Waals surface area contributed by atoms with Crippen LogP contribution in [0.3, 0.4) is 0 Å². The number of carbonyl (C=O) groups is 1. The van der Waals surface area contributed by atoms with Gasteiger partial charge in [-0.1, -0.05) is 0 Å². The van der Waals surface area contributed by atoms with Crippen molar-refractivity contribution in [2.45, 2.75) is 6.04 Å². The minimum absolute atomic E-state index is 0.00102. The van der Waals surface area contributed by atoms with Crippen molar-refractivity contribution in [3.8, 4) is 0 Å². The van der Waals surface area contributed by atoms with E-state index >= 15 is 0 Å². The first-order chi connectivity index (χ1) is 9.25. The van der Waals surface area contributed by atoms with Crippen molar-refractivity contribution in [2.24, 2.45) is 7.05 Å². The molecule has 1 aliphatic heterocycles. The van der Waals surface area contributed by atoms with Crippen molar-refractivity contribution in [2.75, 3.05) is 18.1 Å². The van der Waals surface area contributed by atoms with Crippen molar-refractivity contribution >= 4 is 29.0 Å². The Hall–Kier alpha value is -1.34. The molecular formula is C12H14N4OS2. The van der Waals surface area contributed by atoms with Crippen LogP contribution >= 0.6 is 23.1 Å². The summed E-state index contributed by atoms with van der Waals surface area (Å²) < 4.78 is 1.80. The van der Waals surface area contributed by atoms with Crippen LogP contribution in [0.1, 0.15) is 21.5 Å². The summed E-state index contributed by atoms with van der Waals surface area (Å²) in [6.45, 7) is 0.754. The van der Waals surface area contributed by atoms with Crippen LogP contribution in [0.25, 0.3) is 0 Å². The number of rotatable bonds is 2. The lowest BCUT2D eigenvalue weighted by atomic mass is 10.2. The van der Waals surface area contributed by atoms with Crippen LogP contribution in [0.4, 0.5) is 0 Å². The molecule has 19 heavy (non-hydrogen) atoms. The molecule has 0 unspecified atom stereocenters. The highest BCUT2D eigenvalue weighted by atomic mass is 32.2. The van der Waals surface area contributed by atoms with Gasteiger partial charge in [0.25, 0.3) is 5.91 Å². The van der Waals surface area contributed by atoms with E-state index in [4.69, 9.17) is 0 Å². The first-order valence-electron chi connectivity index (χ1n) is 6.02. The normalized spacial score (nSPS) is 19.6. The molecule has 0 saturated carbocycles. The van der Waals surface area contributed by atoms with Gasteiger partial charge >= 0.3 is 0 Å². The first kappa shape index (κ1) is 12.7. The lowest BCUT2D eigenvalue weighted by molar-refractivity contribution is 0.0695. The van der Waals surface area contributed by atoms with Crippen molar-refractivity contribution in [1.29, 1.82) is 0 Å². The van der Waals surface area contributed by atoms with E-state index in [-0.39, 0.29) is 11.9 Å². The zero-order chi connectivity index (χ0) is 13.2. The number of imidazole rings is 1. The lowest BCUT2D eigenvalue weighted by Crippen LogP contribution is -2.40. The fourth-order valence-electron chi connectivity index (χ4n) is 2.12. The summed E-state index contributed by atoms with van der Waals surface area (Å²) in [5.74, 6) is 1.88. The molecule has 3 heterocycles. The van der Waals surface area contributed by atoms with Gasteiger partial charge in [0.1, 0.15) is 10.7 Å². The van der Waals surface area contributed by atoms with Gasteiger partial charge in [0.2, 0.25) is 0 Å². The highest BCUT2D eigenvalue weighted by molar-refractivity contribution is 7.99. The third kappa shape index (κ3) is 2.52. The second-order valence-electron chi connectivity index (χ2n) is 4.38. The molecule has 0 bridgehead atoms. The van der Waals surface area contributed by atoms with Crippen LogP contribution in [-0.2, 0) is 7.05 Å². The number of amides is 1. The molecule has 2 aromatic rings. The molecule has 1 atom stereocenters. The molecule has 0 aliphatic carbocycles. The quantitative estimate of drug-likeness (QED) is 0.847. The molecule has 1 amide bonds. The summed E-state index contributed by atoms with van der Waals surface area (Å²) in [4.78, 5) is 22.9. The molecule has 1 aliphatic rings. The molecular weight excluding hydrogens is 280 g/mol. The number of nitrogens with zero attached hydrogens (tertiary/aromatic N) is 4. The topological polar surface area (TPSA) is 51.0 Å². The summed E-state index contributed by atoms with van der Waals surface area (Å²) in [7, 11) is 1.87. The Morgan fingerprint density at radius 2 is 2.37 bits per heavy atom. The highest BCUT2D eigenvalue weighted by Crippen LogP contribution is 2.31. The van der Waals surface area contributed by atoms with E-state index in [1.807, 2.05) is 29.1 Å². The third-order valence-corrected chi connectivity index (χ3v) is 4.95. The first-order valence-corrected chi connectivity index (χ1v) is 8.05. The molecule has 7 heteroatoms. The van der Waals surface area contributed by atoms with Crippen LogP contribution in [-0.4, -0.2) is 43.4 Å². The zero-order valence-corrected chi connectivity index (χ0v) is 12.2. The Labute approximate surface area is 119 Å². The average molecular weight is 294 g/mol. The van der Waals surface area contributed by atoms with Crippen molar-refractivity contribution in [3.63, 3.8) is 0 Å². The molecule has 2 aromatic heterocycles. The molecule has 100 valence electrons. The average Bonchev–Trinajstić information content (AvgIpc) is 3.09. The Morgan fingerprint density at radius 3 is 3.05 bits per heavy atom. The molecule has 5 nitrogen and oxygen atoms in total. The maximum atomic E-state index is 12.5. The van der Waals surface area contributed by atoms with Crippen LogP contribution in [0.5, 0.6) is 0 Å². The summed E-state index contributed by atoms with van der Waals surface area (Å²) in [5.41, 5.74) is 0.510. The van der Waals surface area contributed by atoms with Gasteiger partial charge in [-0.2, -0.15) is 11.8 Å². The number of thiazole rings is 1. The predicted molar refractivity (Wildman–Crippen MR) is 76.4 cm³/mol. The maximum absolute atomic E-state index is 12.5. The lowest BCUT2D eigenvalue weighted by Gasteiger charge is -2.33. The largest absolute Gasteiger partial charge is 0.340 e. The van der Waals surface area contributed by atoms with Gasteiger partial charge in [0.05, 0.1) is 12.4 Å². The maximum Gasteiger partial charge on any atom is 0.274 e. The third-order valence-electron chi connectivity index (χ3n) is 3.05. The second kappa shape index (κ2) is 5.34. The van der Waals surface area contributed by atoms with E-state index in [0.29, 0.717) is 5.69 Å². The van der Waals surface area contributed by atoms with E-state index in [2.05, 4.69) is 9.97 Å². The van der Waals surface area contributed by atoms with Gasteiger partial charge < -0.3 is 9.47 Å². The SMILES string of the molecule is Cn1cnc(C(=O)N2CCSC[C@@H]2c2nccs2)c1. The minimum atomic E-state index is 0.00102. The molecule has 0 radical (unpaired) electrons. The molecule has 1 fully saturated rings. The second-order valence-corrected chi connectivity index (χ2v) is 6.46. The van der Waals surface area contributed by atoms with Gasteiger partial charge in [0, 0.05) is 42.9 Å². The number of aryl methyl sites for hydroxylation is 1. The van der Waals surface area contributed by atoms with Crippen molar-refractivity contribution in [1.82, 2.24) is 19.4 Å². The number of aromatic nitrogens is 3. The van der Waals surface area contributed by atoms with E-state index in [0.717, 1.165) is 23.1 Å². The summed E-state index contributed by atoms with van der Waals surface area (Å²) in [6.07, 6.45) is 5.22. The molecule has 0 spiro atoms. The molecule has 1 saturated heterocycles. The van der Waals surface area contributed by atoms with E-state index in [1.54, 1.807) is 34.6 Å². The molecule has 3 rings (SSSR count). The number of hydrogen-bond acceptors (Lipinski definition) is 5. The Morgan fingerprint density at radius 1 is 1.47 bits per heavy atom. The number of hydrogen-bond donors (Lipinski definition) is 0. The van der Waals surface area contributed by atoms with E-state index < -0.39 is 0 Å². The Balaban J connectivity index is 1.86. The molecule has 0 N–H and O–H groups in total. The van der Waals surface area contributed by atoms with Gasteiger partial charge in [0.15, 0.2) is 0 Å². The van der Waals surface area contributed by atoms with Crippen LogP contribution < -0.4 is 0 Å². The van der Waals surface area contributed by atoms with Gasteiger partial charge in [-0.3, -0.25) is 4.79 Å². The van der Waals surface area contributed by atoms with Gasteiger partial charge in [-0.05, 0) is 0 Å². The summed E-state index contributed by atoms with van der Waals surface area (Å²) in [5, 5.41) is 2.97. The monoisotopic (exact) mass is 294 g/mol. The number of thioether (sulfide) groups is 1. The Bertz CT molecular complexity index is 566. The highest BCUT2D eigenvalue weighted by Gasteiger charge is 2.31. The van der Waals surface area contributed by atoms with Crippen molar-refractivity contribution in [3.05, 3.63) is 34.8 Å².